The Morgan fingerprint density at radius 3 is 2.34 bits per heavy atom. The van der Waals surface area contributed by atoms with E-state index >= 15 is 0 Å². The molecule has 0 spiro atoms. The SMILES string of the molecule is CCNC(=NCC(C)(O)c1ccco1)NCCc1c(OC)cc(OC)cc1OC. The van der Waals surface area contributed by atoms with Crippen LogP contribution in [0.25, 0.3) is 0 Å². The van der Waals surface area contributed by atoms with Crippen LogP contribution in [0.15, 0.2) is 39.9 Å². The van der Waals surface area contributed by atoms with E-state index in [0.29, 0.717) is 48.5 Å². The third-order valence-electron chi connectivity index (χ3n) is 4.43. The topological polar surface area (TPSA) is 97.5 Å². The van der Waals surface area contributed by atoms with Gasteiger partial charge < -0.3 is 34.4 Å². The molecule has 0 amide bonds. The minimum Gasteiger partial charge on any atom is -0.496 e. The number of nitrogens with zero attached hydrogens (tertiary/aromatic N) is 1. The molecule has 160 valence electrons. The average molecular weight is 405 g/mol. The summed E-state index contributed by atoms with van der Waals surface area (Å²) in [4.78, 5) is 4.49. The first-order valence-corrected chi connectivity index (χ1v) is 9.52. The van der Waals surface area contributed by atoms with Gasteiger partial charge in [0.1, 0.15) is 28.6 Å². The molecule has 1 heterocycles. The summed E-state index contributed by atoms with van der Waals surface area (Å²) in [6, 6.07) is 7.14. The second kappa shape index (κ2) is 10.6. The van der Waals surface area contributed by atoms with E-state index in [4.69, 9.17) is 18.6 Å². The van der Waals surface area contributed by atoms with E-state index in [1.165, 1.54) is 6.26 Å². The quantitative estimate of drug-likeness (QED) is 0.412. The van der Waals surface area contributed by atoms with Crippen LogP contribution in [0.5, 0.6) is 17.2 Å². The largest absolute Gasteiger partial charge is 0.496 e. The maximum atomic E-state index is 10.6. The lowest BCUT2D eigenvalue weighted by molar-refractivity contribution is 0.0437. The number of hydrogen-bond acceptors (Lipinski definition) is 6. The van der Waals surface area contributed by atoms with Crippen molar-refractivity contribution < 1.29 is 23.7 Å². The molecule has 1 unspecified atom stereocenters. The minimum atomic E-state index is -1.19. The van der Waals surface area contributed by atoms with E-state index in [2.05, 4.69) is 15.6 Å². The molecule has 0 radical (unpaired) electrons. The Bertz CT molecular complexity index is 763. The molecule has 0 bridgehead atoms. The molecule has 1 aromatic carbocycles. The van der Waals surface area contributed by atoms with Crippen LogP contribution in [0, 0.1) is 0 Å². The number of ether oxygens (including phenoxy) is 3. The standard InChI is InChI=1S/C21H31N3O5/c1-6-22-20(24-14-21(2,25)19-8-7-11-29-19)23-10-9-16-17(27-4)12-15(26-3)13-18(16)28-5/h7-8,11-13,25H,6,9-10,14H2,1-5H3,(H2,22,23,24). The molecule has 1 aromatic heterocycles. The highest BCUT2D eigenvalue weighted by Gasteiger charge is 2.26. The number of methoxy groups -OCH3 is 3. The fourth-order valence-corrected chi connectivity index (χ4v) is 2.87. The summed E-state index contributed by atoms with van der Waals surface area (Å²) in [5.74, 6) is 3.15. The van der Waals surface area contributed by atoms with Gasteiger partial charge in [-0.1, -0.05) is 0 Å². The van der Waals surface area contributed by atoms with Gasteiger partial charge in [-0.3, -0.25) is 0 Å². The number of furan rings is 1. The van der Waals surface area contributed by atoms with Gasteiger partial charge in [-0.15, -0.1) is 0 Å². The number of guanidine groups is 1. The van der Waals surface area contributed by atoms with Crippen LogP contribution < -0.4 is 24.8 Å². The maximum absolute atomic E-state index is 10.6. The van der Waals surface area contributed by atoms with E-state index in [0.717, 1.165) is 5.56 Å². The fraction of sp³-hybridized carbons (Fsp3) is 0.476. The molecule has 2 aromatic rings. The molecule has 8 heteroatoms. The Hall–Kier alpha value is -2.87. The summed E-state index contributed by atoms with van der Waals surface area (Å²) in [5.41, 5.74) is -0.254. The Balaban J connectivity index is 2.06. The predicted molar refractivity (Wildman–Crippen MR) is 112 cm³/mol. The molecule has 0 saturated heterocycles. The van der Waals surface area contributed by atoms with Gasteiger partial charge in [0.05, 0.1) is 34.1 Å². The first-order chi connectivity index (χ1) is 13.9. The van der Waals surface area contributed by atoms with Crippen molar-refractivity contribution >= 4 is 5.96 Å². The number of benzene rings is 1. The van der Waals surface area contributed by atoms with Crippen LogP contribution in [0.1, 0.15) is 25.2 Å². The molecule has 0 aliphatic rings. The molecule has 2 rings (SSSR count). The number of aliphatic imine (C=N–C) groups is 1. The van der Waals surface area contributed by atoms with E-state index in [9.17, 15) is 5.11 Å². The van der Waals surface area contributed by atoms with E-state index in [-0.39, 0.29) is 6.54 Å². The summed E-state index contributed by atoms with van der Waals surface area (Å²) >= 11 is 0. The average Bonchev–Trinajstić information content (AvgIpc) is 3.27. The van der Waals surface area contributed by atoms with Crippen molar-refractivity contribution in [1.29, 1.82) is 0 Å². The number of hydrogen-bond donors (Lipinski definition) is 3. The minimum absolute atomic E-state index is 0.158. The lowest BCUT2D eigenvalue weighted by atomic mass is 10.0. The van der Waals surface area contributed by atoms with E-state index < -0.39 is 5.60 Å². The van der Waals surface area contributed by atoms with Crippen molar-refractivity contribution in [3.8, 4) is 17.2 Å². The number of rotatable bonds is 10. The Morgan fingerprint density at radius 2 is 1.83 bits per heavy atom. The van der Waals surface area contributed by atoms with E-state index in [1.54, 1.807) is 40.4 Å². The smallest absolute Gasteiger partial charge is 0.191 e. The van der Waals surface area contributed by atoms with Crippen molar-refractivity contribution in [3.63, 3.8) is 0 Å². The maximum Gasteiger partial charge on any atom is 0.191 e. The highest BCUT2D eigenvalue weighted by atomic mass is 16.5. The molecule has 3 N–H and O–H groups in total. The summed E-state index contributed by atoms with van der Waals surface area (Å²) in [6.45, 7) is 5.10. The Labute approximate surface area is 171 Å². The summed E-state index contributed by atoms with van der Waals surface area (Å²) in [7, 11) is 4.84. The van der Waals surface area contributed by atoms with Crippen LogP contribution >= 0.6 is 0 Å². The summed E-state index contributed by atoms with van der Waals surface area (Å²) in [6.07, 6.45) is 2.18. The van der Waals surface area contributed by atoms with Crippen LogP contribution in [0.2, 0.25) is 0 Å². The van der Waals surface area contributed by atoms with Gasteiger partial charge in [0.15, 0.2) is 5.96 Å². The van der Waals surface area contributed by atoms with E-state index in [1.807, 2.05) is 19.1 Å². The van der Waals surface area contributed by atoms with Gasteiger partial charge in [-0.2, -0.15) is 0 Å². The highest BCUT2D eigenvalue weighted by Crippen LogP contribution is 2.34. The second-order valence-corrected chi connectivity index (χ2v) is 6.63. The molecule has 1 atom stereocenters. The van der Waals surface area contributed by atoms with Gasteiger partial charge in [-0.05, 0) is 32.4 Å². The summed E-state index contributed by atoms with van der Waals surface area (Å²) < 4.78 is 21.6. The van der Waals surface area contributed by atoms with Crippen molar-refractivity contribution in [2.75, 3.05) is 41.0 Å². The normalized spacial score (nSPS) is 13.5. The van der Waals surface area contributed by atoms with Gasteiger partial charge >= 0.3 is 0 Å². The summed E-state index contributed by atoms with van der Waals surface area (Å²) in [5, 5.41) is 17.0. The van der Waals surface area contributed by atoms with Crippen molar-refractivity contribution in [3.05, 3.63) is 41.9 Å². The molecular formula is C21H31N3O5. The van der Waals surface area contributed by atoms with Gasteiger partial charge in [0.25, 0.3) is 0 Å². The number of aliphatic hydroxyl groups is 1. The monoisotopic (exact) mass is 405 g/mol. The molecule has 8 nitrogen and oxygen atoms in total. The molecule has 0 aliphatic heterocycles. The van der Waals surface area contributed by atoms with Gasteiger partial charge in [-0.25, -0.2) is 4.99 Å². The second-order valence-electron chi connectivity index (χ2n) is 6.63. The Kier molecular flexibility index (Phi) is 8.21. The zero-order valence-corrected chi connectivity index (χ0v) is 17.7. The van der Waals surface area contributed by atoms with Crippen molar-refractivity contribution in [1.82, 2.24) is 10.6 Å². The van der Waals surface area contributed by atoms with Crippen molar-refractivity contribution in [2.24, 2.45) is 4.99 Å². The zero-order chi connectivity index (χ0) is 21.3. The highest BCUT2D eigenvalue weighted by molar-refractivity contribution is 5.79. The van der Waals surface area contributed by atoms with Crippen LogP contribution in [0.3, 0.4) is 0 Å². The first kappa shape index (κ1) is 22.4. The zero-order valence-electron chi connectivity index (χ0n) is 17.7. The van der Waals surface area contributed by atoms with Gasteiger partial charge in [0, 0.05) is 30.8 Å². The predicted octanol–water partition coefficient (Wildman–Crippen LogP) is 2.31. The van der Waals surface area contributed by atoms with Gasteiger partial charge in [0.2, 0.25) is 0 Å². The molecule has 29 heavy (non-hydrogen) atoms. The van der Waals surface area contributed by atoms with Crippen molar-refractivity contribution in [2.45, 2.75) is 25.9 Å². The molecule has 0 fully saturated rings. The van der Waals surface area contributed by atoms with Crippen LogP contribution in [-0.4, -0.2) is 52.0 Å². The molecule has 0 saturated carbocycles. The molecule has 0 aliphatic carbocycles. The molecular weight excluding hydrogens is 374 g/mol. The first-order valence-electron chi connectivity index (χ1n) is 9.52. The fourth-order valence-electron chi connectivity index (χ4n) is 2.87. The Morgan fingerprint density at radius 1 is 1.14 bits per heavy atom. The lowest BCUT2D eigenvalue weighted by Gasteiger charge is -2.20. The van der Waals surface area contributed by atoms with Crippen LogP contribution in [0.4, 0.5) is 0 Å². The van der Waals surface area contributed by atoms with Crippen LogP contribution in [-0.2, 0) is 12.0 Å². The number of nitrogens with one attached hydrogen (secondary N) is 2. The lowest BCUT2D eigenvalue weighted by Crippen LogP contribution is -2.39. The third kappa shape index (κ3) is 6.05. The third-order valence-corrected chi connectivity index (χ3v) is 4.43.